The molecule has 0 aromatic heterocycles. The van der Waals surface area contributed by atoms with Crippen molar-refractivity contribution in [2.24, 2.45) is 11.8 Å². The highest BCUT2D eigenvalue weighted by Gasteiger charge is 2.23. The molecular formula is C8H14O. The predicted octanol–water partition coefficient (Wildman–Crippen LogP) is 1.58. The molecule has 0 aliphatic heterocycles. The van der Waals surface area contributed by atoms with Crippen molar-refractivity contribution in [3.8, 4) is 0 Å². The highest BCUT2D eigenvalue weighted by atomic mass is 16.3. The molecule has 0 unspecified atom stereocenters. The van der Waals surface area contributed by atoms with Gasteiger partial charge < -0.3 is 5.11 Å². The molecule has 1 fully saturated rings. The highest BCUT2D eigenvalue weighted by molar-refractivity contribution is 4.88. The van der Waals surface area contributed by atoms with Crippen LogP contribution in [-0.2, 0) is 0 Å². The van der Waals surface area contributed by atoms with Gasteiger partial charge in [-0.3, -0.25) is 0 Å². The molecule has 0 heterocycles. The molecule has 1 aliphatic rings. The van der Waals surface area contributed by atoms with Crippen molar-refractivity contribution in [1.29, 1.82) is 0 Å². The quantitative estimate of drug-likeness (QED) is 0.557. The molecule has 1 saturated carbocycles. The van der Waals surface area contributed by atoms with Crippen molar-refractivity contribution in [1.82, 2.24) is 0 Å². The molecule has 52 valence electrons. The van der Waals surface area contributed by atoms with Crippen LogP contribution in [0.15, 0.2) is 12.7 Å². The largest absolute Gasteiger partial charge is 0.396 e. The maximum absolute atomic E-state index is 8.82. The number of hydrogen-bond acceptors (Lipinski definition) is 1. The van der Waals surface area contributed by atoms with E-state index in [4.69, 9.17) is 5.11 Å². The number of allylic oxidation sites excluding steroid dienone is 1. The lowest BCUT2D eigenvalue weighted by Crippen LogP contribution is -2.08. The molecule has 1 nitrogen and oxygen atoms in total. The van der Waals surface area contributed by atoms with Gasteiger partial charge in [0.1, 0.15) is 0 Å². The van der Waals surface area contributed by atoms with Crippen molar-refractivity contribution in [2.75, 3.05) is 6.61 Å². The monoisotopic (exact) mass is 126 g/mol. The molecule has 0 saturated heterocycles. The zero-order valence-electron chi connectivity index (χ0n) is 5.71. The van der Waals surface area contributed by atoms with Gasteiger partial charge in [-0.2, -0.15) is 0 Å². The van der Waals surface area contributed by atoms with Gasteiger partial charge in [-0.05, 0) is 24.7 Å². The van der Waals surface area contributed by atoms with Crippen LogP contribution in [0.3, 0.4) is 0 Å². The van der Waals surface area contributed by atoms with Crippen LogP contribution in [0.2, 0.25) is 0 Å². The maximum Gasteiger partial charge on any atom is 0.0464 e. The van der Waals surface area contributed by atoms with Crippen LogP contribution in [0.5, 0.6) is 0 Å². The van der Waals surface area contributed by atoms with E-state index in [1.807, 2.05) is 6.08 Å². The molecule has 0 aromatic carbocycles. The second-order valence-corrected chi connectivity index (χ2v) is 2.77. The molecule has 0 aromatic rings. The zero-order valence-corrected chi connectivity index (χ0v) is 5.71. The molecule has 1 aliphatic carbocycles. The lowest BCUT2D eigenvalue weighted by Gasteiger charge is -2.10. The Bertz CT molecular complexity index is 98.7. The fraction of sp³-hybridized carbons (Fsp3) is 0.750. The first kappa shape index (κ1) is 6.81. The summed E-state index contributed by atoms with van der Waals surface area (Å²) in [5.41, 5.74) is 0. The summed E-state index contributed by atoms with van der Waals surface area (Å²) >= 11 is 0. The zero-order chi connectivity index (χ0) is 6.69. The van der Waals surface area contributed by atoms with Gasteiger partial charge in [0.25, 0.3) is 0 Å². The lowest BCUT2D eigenvalue weighted by molar-refractivity contribution is 0.210. The fourth-order valence-corrected chi connectivity index (χ4v) is 1.60. The average Bonchev–Trinajstić information content (AvgIpc) is 2.33. The van der Waals surface area contributed by atoms with Gasteiger partial charge in [0.05, 0.1) is 0 Å². The first-order valence-electron chi connectivity index (χ1n) is 3.62. The van der Waals surface area contributed by atoms with Gasteiger partial charge in [0, 0.05) is 6.61 Å². The van der Waals surface area contributed by atoms with Gasteiger partial charge >= 0.3 is 0 Å². The smallest absolute Gasteiger partial charge is 0.0464 e. The summed E-state index contributed by atoms with van der Waals surface area (Å²) in [5, 5.41) is 8.82. The van der Waals surface area contributed by atoms with Gasteiger partial charge in [-0.25, -0.2) is 0 Å². The summed E-state index contributed by atoms with van der Waals surface area (Å²) in [6.07, 6.45) is 5.66. The Morgan fingerprint density at radius 2 is 2.33 bits per heavy atom. The van der Waals surface area contributed by atoms with Crippen molar-refractivity contribution >= 4 is 0 Å². The van der Waals surface area contributed by atoms with Crippen LogP contribution in [0.1, 0.15) is 19.3 Å². The van der Waals surface area contributed by atoms with Gasteiger partial charge in [0.15, 0.2) is 0 Å². The van der Waals surface area contributed by atoms with E-state index in [9.17, 15) is 0 Å². The second kappa shape index (κ2) is 3.02. The minimum atomic E-state index is 0.344. The van der Waals surface area contributed by atoms with Crippen molar-refractivity contribution in [2.45, 2.75) is 19.3 Å². The predicted molar refractivity (Wildman–Crippen MR) is 38.1 cm³/mol. The molecule has 2 atom stereocenters. The van der Waals surface area contributed by atoms with Gasteiger partial charge in [0.2, 0.25) is 0 Å². The Morgan fingerprint density at radius 3 is 2.78 bits per heavy atom. The minimum Gasteiger partial charge on any atom is -0.396 e. The molecular weight excluding hydrogens is 112 g/mol. The van der Waals surface area contributed by atoms with Gasteiger partial charge in [-0.15, -0.1) is 6.58 Å². The number of aliphatic hydroxyl groups excluding tert-OH is 1. The summed E-state index contributed by atoms with van der Waals surface area (Å²) in [6.45, 7) is 4.07. The van der Waals surface area contributed by atoms with E-state index in [0.29, 0.717) is 18.4 Å². The Kier molecular flexibility index (Phi) is 2.29. The Balaban J connectivity index is 2.41. The van der Waals surface area contributed by atoms with Crippen LogP contribution in [0.25, 0.3) is 0 Å². The van der Waals surface area contributed by atoms with E-state index in [1.54, 1.807) is 0 Å². The number of hydrogen-bond donors (Lipinski definition) is 1. The molecule has 0 amide bonds. The third-order valence-electron chi connectivity index (χ3n) is 2.26. The van der Waals surface area contributed by atoms with Crippen molar-refractivity contribution in [3.63, 3.8) is 0 Å². The van der Waals surface area contributed by atoms with E-state index < -0.39 is 0 Å². The van der Waals surface area contributed by atoms with E-state index in [1.165, 1.54) is 19.3 Å². The summed E-state index contributed by atoms with van der Waals surface area (Å²) in [7, 11) is 0. The van der Waals surface area contributed by atoms with E-state index in [2.05, 4.69) is 6.58 Å². The van der Waals surface area contributed by atoms with Crippen LogP contribution < -0.4 is 0 Å². The molecule has 0 radical (unpaired) electrons. The van der Waals surface area contributed by atoms with Crippen molar-refractivity contribution < 1.29 is 5.11 Å². The molecule has 0 bridgehead atoms. The first-order valence-corrected chi connectivity index (χ1v) is 3.62. The minimum absolute atomic E-state index is 0.344. The van der Waals surface area contributed by atoms with Crippen LogP contribution >= 0.6 is 0 Å². The van der Waals surface area contributed by atoms with Gasteiger partial charge in [-0.1, -0.05) is 12.5 Å². The van der Waals surface area contributed by atoms with E-state index >= 15 is 0 Å². The number of aliphatic hydroxyl groups is 1. The van der Waals surface area contributed by atoms with Crippen LogP contribution in [-0.4, -0.2) is 11.7 Å². The molecule has 1 heteroatoms. The Hall–Kier alpha value is -0.300. The summed E-state index contributed by atoms with van der Waals surface area (Å²) in [4.78, 5) is 0. The van der Waals surface area contributed by atoms with Crippen LogP contribution in [0.4, 0.5) is 0 Å². The van der Waals surface area contributed by atoms with E-state index in [0.717, 1.165) is 0 Å². The highest BCUT2D eigenvalue weighted by Crippen LogP contribution is 2.31. The Morgan fingerprint density at radius 1 is 1.56 bits per heavy atom. The fourth-order valence-electron chi connectivity index (χ4n) is 1.60. The molecule has 0 spiro atoms. The summed E-state index contributed by atoms with van der Waals surface area (Å²) in [5.74, 6) is 1.11. The summed E-state index contributed by atoms with van der Waals surface area (Å²) < 4.78 is 0. The lowest BCUT2D eigenvalue weighted by atomic mass is 9.97. The SMILES string of the molecule is C=C[C@@H]1CCC[C@H]1CO. The molecule has 1 rings (SSSR count). The normalized spacial score (nSPS) is 34.8. The molecule has 1 N–H and O–H groups in total. The maximum atomic E-state index is 8.82. The average molecular weight is 126 g/mol. The third kappa shape index (κ3) is 1.33. The standard InChI is InChI=1S/C8H14O/c1-2-7-4-3-5-8(7)6-9/h2,7-9H,1,3-6H2/t7-,8+/m1/s1. The summed E-state index contributed by atoms with van der Waals surface area (Å²) in [6, 6.07) is 0. The van der Waals surface area contributed by atoms with Crippen LogP contribution in [0, 0.1) is 11.8 Å². The number of rotatable bonds is 2. The topological polar surface area (TPSA) is 20.2 Å². The van der Waals surface area contributed by atoms with Crippen molar-refractivity contribution in [3.05, 3.63) is 12.7 Å². The second-order valence-electron chi connectivity index (χ2n) is 2.77. The molecule has 9 heavy (non-hydrogen) atoms. The van der Waals surface area contributed by atoms with E-state index in [-0.39, 0.29) is 0 Å². The third-order valence-corrected chi connectivity index (χ3v) is 2.26. The first-order chi connectivity index (χ1) is 4.38. The Labute approximate surface area is 56.4 Å².